The molecule has 1 aromatic heterocycles. The van der Waals surface area contributed by atoms with Crippen LogP contribution in [-0.4, -0.2) is 66.4 Å². The van der Waals surface area contributed by atoms with Crippen molar-refractivity contribution in [1.29, 1.82) is 0 Å². The molecule has 2 fully saturated rings. The topological polar surface area (TPSA) is 115 Å². The van der Waals surface area contributed by atoms with Gasteiger partial charge >= 0.3 is 0 Å². The van der Waals surface area contributed by atoms with Crippen molar-refractivity contribution < 1.29 is 22.4 Å². The fourth-order valence-electron chi connectivity index (χ4n) is 3.79. The molecule has 0 bridgehead atoms. The Bertz CT molecular complexity index is 1030. The van der Waals surface area contributed by atoms with E-state index in [1.807, 2.05) is 0 Å². The van der Waals surface area contributed by atoms with Crippen LogP contribution in [0.5, 0.6) is 0 Å². The maximum atomic E-state index is 13.0. The maximum Gasteiger partial charge on any atom is 0.277 e. The lowest BCUT2D eigenvalue weighted by atomic mass is 10.2. The molecule has 4 rings (SSSR count). The summed E-state index contributed by atoms with van der Waals surface area (Å²) in [5, 5.41) is 10.8. The summed E-state index contributed by atoms with van der Waals surface area (Å²) in [5.41, 5.74) is 0.526. The minimum Gasteiger partial charge on any atom is -0.411 e. The van der Waals surface area contributed by atoms with E-state index in [9.17, 15) is 13.2 Å². The summed E-state index contributed by atoms with van der Waals surface area (Å²) in [6, 6.07) is 6.54. The summed E-state index contributed by atoms with van der Waals surface area (Å²) in [7, 11) is -3.55. The van der Waals surface area contributed by atoms with Crippen LogP contribution in [0.25, 0.3) is 11.5 Å². The zero-order valence-corrected chi connectivity index (χ0v) is 19.7. The van der Waals surface area contributed by atoms with Crippen LogP contribution in [0.15, 0.2) is 38.8 Å². The SMILES string of the molecule is C[C@@H](Sc1nnc(-c2cccc(S(=O)(=O)N3CCCCC3)c2)o1)C(=O)NC[C@@H]1CCCO1. The molecule has 2 aliphatic heterocycles. The molecular weight excluding hydrogens is 452 g/mol. The number of carbonyl (C=O) groups excluding carboxylic acids is 1. The number of rotatable bonds is 8. The highest BCUT2D eigenvalue weighted by atomic mass is 32.2. The lowest BCUT2D eigenvalue weighted by Gasteiger charge is -2.25. The minimum atomic E-state index is -3.55. The van der Waals surface area contributed by atoms with Crippen molar-refractivity contribution in [1.82, 2.24) is 19.8 Å². The molecule has 2 atom stereocenters. The number of ether oxygens (including phenoxy) is 1. The van der Waals surface area contributed by atoms with Gasteiger partial charge in [-0.2, -0.15) is 4.31 Å². The van der Waals surface area contributed by atoms with Gasteiger partial charge in [0, 0.05) is 31.8 Å². The summed E-state index contributed by atoms with van der Waals surface area (Å²) >= 11 is 1.16. The number of sulfonamides is 1. The molecule has 2 aromatic rings. The lowest BCUT2D eigenvalue weighted by molar-refractivity contribution is -0.120. The summed E-state index contributed by atoms with van der Waals surface area (Å²) in [6.45, 7) is 4.10. The number of nitrogens with one attached hydrogen (secondary N) is 1. The van der Waals surface area contributed by atoms with Gasteiger partial charge in [-0.1, -0.05) is 24.2 Å². The molecule has 0 radical (unpaired) electrons. The molecule has 1 aromatic carbocycles. The Hall–Kier alpha value is -1.95. The monoisotopic (exact) mass is 480 g/mol. The van der Waals surface area contributed by atoms with Gasteiger partial charge in [0.1, 0.15) is 0 Å². The zero-order chi connectivity index (χ0) is 22.6. The van der Waals surface area contributed by atoms with Gasteiger partial charge in [-0.15, -0.1) is 10.2 Å². The van der Waals surface area contributed by atoms with E-state index in [2.05, 4.69) is 15.5 Å². The highest BCUT2D eigenvalue weighted by Crippen LogP contribution is 2.29. The van der Waals surface area contributed by atoms with Gasteiger partial charge in [-0.05, 0) is 50.8 Å². The summed E-state index contributed by atoms with van der Waals surface area (Å²) in [4.78, 5) is 12.6. The van der Waals surface area contributed by atoms with Gasteiger partial charge in [-0.25, -0.2) is 8.42 Å². The van der Waals surface area contributed by atoms with Crippen LogP contribution in [-0.2, 0) is 19.6 Å². The van der Waals surface area contributed by atoms with E-state index in [-0.39, 0.29) is 28.0 Å². The molecule has 9 nitrogen and oxygen atoms in total. The van der Waals surface area contributed by atoms with E-state index >= 15 is 0 Å². The average Bonchev–Trinajstić information content (AvgIpc) is 3.50. The predicted octanol–water partition coefficient (Wildman–Crippen LogP) is 2.69. The van der Waals surface area contributed by atoms with Gasteiger partial charge in [-0.3, -0.25) is 4.79 Å². The Morgan fingerprint density at radius 1 is 1.25 bits per heavy atom. The van der Waals surface area contributed by atoms with Crippen LogP contribution in [0.4, 0.5) is 0 Å². The molecule has 32 heavy (non-hydrogen) atoms. The Labute approximate surface area is 192 Å². The normalized spacial score (nSPS) is 20.8. The van der Waals surface area contributed by atoms with Crippen LogP contribution in [0.2, 0.25) is 0 Å². The first-order valence-electron chi connectivity index (χ1n) is 10.9. The molecule has 174 valence electrons. The zero-order valence-electron chi connectivity index (χ0n) is 18.0. The first-order chi connectivity index (χ1) is 15.4. The standard InChI is InChI=1S/C21H28N4O5S2/c1-15(19(26)22-14-17-8-6-12-29-17)31-21-24-23-20(30-21)16-7-5-9-18(13-16)32(27,28)25-10-3-2-4-11-25/h5,7,9,13,15,17H,2-4,6,8,10-12,14H2,1H3,(H,22,26)/t15-,17+/m1/s1. The van der Waals surface area contributed by atoms with Gasteiger partial charge in [0.15, 0.2) is 0 Å². The third-order valence-corrected chi connectivity index (χ3v) is 8.44. The number of benzene rings is 1. The van der Waals surface area contributed by atoms with E-state index in [0.717, 1.165) is 50.5 Å². The smallest absolute Gasteiger partial charge is 0.277 e. The Kier molecular flexibility index (Phi) is 7.49. The second-order valence-corrected chi connectivity index (χ2v) is 11.2. The van der Waals surface area contributed by atoms with E-state index in [4.69, 9.17) is 9.15 Å². The molecule has 0 aliphatic carbocycles. The number of nitrogens with zero attached hydrogens (tertiary/aromatic N) is 3. The molecular formula is C21H28N4O5S2. The number of aromatic nitrogens is 2. The number of carbonyl (C=O) groups is 1. The second-order valence-electron chi connectivity index (χ2n) is 8.01. The van der Waals surface area contributed by atoms with E-state index < -0.39 is 15.3 Å². The highest BCUT2D eigenvalue weighted by molar-refractivity contribution is 8.00. The molecule has 1 amide bonds. The minimum absolute atomic E-state index is 0.0830. The van der Waals surface area contributed by atoms with Gasteiger partial charge in [0.25, 0.3) is 5.22 Å². The first-order valence-corrected chi connectivity index (χ1v) is 13.3. The number of hydrogen-bond acceptors (Lipinski definition) is 8. The molecule has 3 heterocycles. The predicted molar refractivity (Wildman–Crippen MR) is 120 cm³/mol. The number of hydrogen-bond donors (Lipinski definition) is 1. The maximum absolute atomic E-state index is 13.0. The van der Waals surface area contributed by atoms with Crippen molar-refractivity contribution >= 4 is 27.7 Å². The molecule has 0 saturated carbocycles. The van der Waals surface area contributed by atoms with E-state index in [0.29, 0.717) is 25.2 Å². The highest BCUT2D eigenvalue weighted by Gasteiger charge is 2.27. The average molecular weight is 481 g/mol. The van der Waals surface area contributed by atoms with Crippen molar-refractivity contribution in [2.24, 2.45) is 0 Å². The van der Waals surface area contributed by atoms with Gasteiger partial charge in [0.2, 0.25) is 21.8 Å². The lowest BCUT2D eigenvalue weighted by Crippen LogP contribution is -2.36. The van der Waals surface area contributed by atoms with Crippen molar-refractivity contribution in [2.45, 2.75) is 60.5 Å². The fraction of sp³-hybridized carbons (Fsp3) is 0.571. The third-order valence-electron chi connectivity index (χ3n) is 5.62. The van der Waals surface area contributed by atoms with E-state index in [1.54, 1.807) is 31.2 Å². The molecule has 11 heteroatoms. The largest absolute Gasteiger partial charge is 0.411 e. The quantitative estimate of drug-likeness (QED) is 0.574. The Balaban J connectivity index is 1.39. The van der Waals surface area contributed by atoms with Gasteiger partial charge in [0.05, 0.1) is 16.2 Å². The summed E-state index contributed by atoms with van der Waals surface area (Å²) in [5.74, 6) is 0.0926. The number of thioether (sulfide) groups is 1. The van der Waals surface area contributed by atoms with Crippen LogP contribution in [0.1, 0.15) is 39.0 Å². The Morgan fingerprint density at radius 3 is 2.81 bits per heavy atom. The summed E-state index contributed by atoms with van der Waals surface area (Å²) in [6.07, 6.45) is 4.88. The van der Waals surface area contributed by atoms with Gasteiger partial charge < -0.3 is 14.5 Å². The molecule has 2 saturated heterocycles. The van der Waals surface area contributed by atoms with Crippen molar-refractivity contribution in [3.05, 3.63) is 24.3 Å². The molecule has 0 unspecified atom stereocenters. The molecule has 2 aliphatic rings. The van der Waals surface area contributed by atoms with Crippen LogP contribution >= 0.6 is 11.8 Å². The second kappa shape index (κ2) is 10.3. The van der Waals surface area contributed by atoms with Crippen molar-refractivity contribution in [2.75, 3.05) is 26.2 Å². The van der Waals surface area contributed by atoms with Crippen LogP contribution in [0, 0.1) is 0 Å². The van der Waals surface area contributed by atoms with Crippen molar-refractivity contribution in [3.8, 4) is 11.5 Å². The van der Waals surface area contributed by atoms with E-state index in [1.165, 1.54) is 4.31 Å². The molecule has 0 spiro atoms. The number of piperidine rings is 1. The number of amides is 1. The van der Waals surface area contributed by atoms with Crippen LogP contribution in [0.3, 0.4) is 0 Å². The third kappa shape index (κ3) is 5.51. The van der Waals surface area contributed by atoms with Crippen molar-refractivity contribution in [3.63, 3.8) is 0 Å². The Morgan fingerprint density at radius 2 is 2.06 bits per heavy atom. The fourth-order valence-corrected chi connectivity index (χ4v) is 6.06. The summed E-state index contributed by atoms with van der Waals surface area (Å²) < 4.78 is 38.7. The molecule has 1 N–H and O–H groups in total. The van der Waals surface area contributed by atoms with Crippen LogP contribution < -0.4 is 5.32 Å². The first kappa shape index (κ1) is 23.2.